The van der Waals surface area contributed by atoms with Crippen molar-refractivity contribution in [1.29, 1.82) is 0 Å². The maximum absolute atomic E-state index is 14.3. The first-order valence-corrected chi connectivity index (χ1v) is 20.4. The Labute approximate surface area is 347 Å². The minimum absolute atomic E-state index is 0.0386. The number of carbonyl (C=O) groups is 4. The summed E-state index contributed by atoms with van der Waals surface area (Å²) in [5.74, 6) is -0.443. The van der Waals surface area contributed by atoms with Gasteiger partial charge >= 0.3 is 18.1 Å². The van der Waals surface area contributed by atoms with Crippen molar-refractivity contribution >= 4 is 24.0 Å². The molecule has 4 amide bonds. The van der Waals surface area contributed by atoms with Crippen molar-refractivity contribution in [1.82, 2.24) is 31.0 Å². The zero-order valence-electron chi connectivity index (χ0n) is 35.0. The van der Waals surface area contributed by atoms with Gasteiger partial charge in [-0.25, -0.2) is 14.4 Å². The van der Waals surface area contributed by atoms with Gasteiger partial charge < -0.3 is 40.6 Å². The van der Waals surface area contributed by atoms with E-state index in [-0.39, 0.29) is 30.5 Å². The molecule has 5 rings (SSSR count). The third-order valence-electron chi connectivity index (χ3n) is 9.79. The Kier molecular flexibility index (Phi) is 14.9. The molecule has 14 nitrogen and oxygen atoms in total. The molecule has 1 aliphatic rings. The maximum Gasteiger partial charge on any atom is 0.407 e. The molecule has 1 saturated heterocycles. The van der Waals surface area contributed by atoms with E-state index in [2.05, 4.69) is 26.1 Å². The van der Waals surface area contributed by atoms with E-state index in [9.17, 15) is 19.2 Å². The molecule has 0 radical (unpaired) electrons. The summed E-state index contributed by atoms with van der Waals surface area (Å²) in [6, 6.07) is 26.6. The molecule has 1 aliphatic heterocycles. The Hall–Kier alpha value is -5.76. The number of amides is 4. The predicted molar refractivity (Wildman–Crippen MR) is 223 cm³/mol. The number of aromatic nitrogens is 2. The summed E-state index contributed by atoms with van der Waals surface area (Å²) in [6.07, 6.45) is 2.46. The Morgan fingerprint density at radius 1 is 0.814 bits per heavy atom. The number of nitrogens with two attached hydrogens (primary N) is 1. The topological polar surface area (TPSA) is 191 Å². The van der Waals surface area contributed by atoms with Crippen molar-refractivity contribution in [3.8, 4) is 0 Å². The lowest BCUT2D eigenvalue weighted by atomic mass is 9.77. The second-order valence-electron chi connectivity index (χ2n) is 16.8. The zero-order chi connectivity index (χ0) is 42.6. The van der Waals surface area contributed by atoms with Crippen LogP contribution in [-0.2, 0) is 24.6 Å². The molecule has 4 aromatic rings. The standard InChI is InChI=1S/C45H59N7O7/c1-43(2,3)57-40(54)36-26-18-30-52(36)41(55)48-35(39-49-38(51-59-39)34(46)25-16-17-29-47-42(56)58-44(4,5)6)27-28-37(53)50-45(31-19-10-7-11-20-31,32-21-12-8-13-22-32)33-23-14-9-15-24-33/h7-15,19-24,34-36H,16-18,25-30,46H2,1-6H3,(H,47,56)(H,48,55)(H,50,53)/t34-,35-,36?/m0/s1. The number of esters is 1. The second kappa shape index (κ2) is 19.8. The lowest BCUT2D eigenvalue weighted by Crippen LogP contribution is -2.49. The van der Waals surface area contributed by atoms with Crippen LogP contribution in [0.4, 0.5) is 9.59 Å². The van der Waals surface area contributed by atoms with Crippen LogP contribution in [-0.4, -0.2) is 69.4 Å². The smallest absolute Gasteiger partial charge is 0.407 e. The predicted octanol–water partition coefficient (Wildman–Crippen LogP) is 7.21. The zero-order valence-corrected chi connectivity index (χ0v) is 35.0. The van der Waals surface area contributed by atoms with E-state index < -0.39 is 53.0 Å². The molecule has 1 fully saturated rings. The molecule has 3 aromatic carbocycles. The van der Waals surface area contributed by atoms with Gasteiger partial charge in [0.1, 0.15) is 28.8 Å². The van der Waals surface area contributed by atoms with Crippen LogP contribution in [0.2, 0.25) is 0 Å². The lowest BCUT2D eigenvalue weighted by Gasteiger charge is -2.37. The summed E-state index contributed by atoms with van der Waals surface area (Å²) in [4.78, 5) is 59.5. The number of urea groups is 1. The molecule has 2 heterocycles. The Morgan fingerprint density at radius 2 is 1.37 bits per heavy atom. The molecule has 0 saturated carbocycles. The van der Waals surface area contributed by atoms with Gasteiger partial charge in [-0.1, -0.05) is 96.2 Å². The van der Waals surface area contributed by atoms with Crippen molar-refractivity contribution in [3.05, 3.63) is 119 Å². The van der Waals surface area contributed by atoms with Crippen LogP contribution in [0.1, 0.15) is 127 Å². The highest BCUT2D eigenvalue weighted by Crippen LogP contribution is 2.37. The highest BCUT2D eigenvalue weighted by molar-refractivity contribution is 5.85. The summed E-state index contributed by atoms with van der Waals surface area (Å²) in [7, 11) is 0. The van der Waals surface area contributed by atoms with Crippen LogP contribution in [0.3, 0.4) is 0 Å². The fourth-order valence-electron chi connectivity index (χ4n) is 7.10. The molecule has 3 atom stereocenters. The van der Waals surface area contributed by atoms with Crippen molar-refractivity contribution in [2.45, 2.75) is 121 Å². The largest absolute Gasteiger partial charge is 0.458 e. The van der Waals surface area contributed by atoms with Crippen molar-refractivity contribution in [2.75, 3.05) is 13.1 Å². The van der Waals surface area contributed by atoms with E-state index in [4.69, 9.17) is 19.7 Å². The number of nitrogens with zero attached hydrogens (tertiary/aromatic N) is 3. The fraction of sp³-hybridized carbons (Fsp3) is 0.467. The number of rotatable bonds is 16. The van der Waals surface area contributed by atoms with Gasteiger partial charge in [-0.05, 0) is 96.8 Å². The number of hydrogen-bond donors (Lipinski definition) is 4. The number of carbonyl (C=O) groups excluding carboxylic acids is 4. The van der Waals surface area contributed by atoms with Gasteiger partial charge in [0.2, 0.25) is 11.8 Å². The minimum Gasteiger partial charge on any atom is -0.458 e. The molecule has 14 heteroatoms. The lowest BCUT2D eigenvalue weighted by molar-refractivity contribution is -0.159. The molecule has 0 bridgehead atoms. The van der Waals surface area contributed by atoms with Gasteiger partial charge in [-0.2, -0.15) is 4.98 Å². The van der Waals surface area contributed by atoms with E-state index in [1.165, 1.54) is 4.90 Å². The second-order valence-corrected chi connectivity index (χ2v) is 16.8. The molecule has 5 N–H and O–H groups in total. The highest BCUT2D eigenvalue weighted by atomic mass is 16.6. The number of unbranched alkanes of at least 4 members (excludes halogenated alkanes) is 1. The summed E-state index contributed by atoms with van der Waals surface area (Å²) >= 11 is 0. The van der Waals surface area contributed by atoms with E-state index in [0.717, 1.165) is 16.7 Å². The summed E-state index contributed by atoms with van der Waals surface area (Å²) in [6.45, 7) is 11.5. The van der Waals surface area contributed by atoms with Crippen molar-refractivity contribution in [3.63, 3.8) is 0 Å². The molecular formula is C45H59N7O7. The van der Waals surface area contributed by atoms with Crippen molar-refractivity contribution < 1.29 is 33.2 Å². The van der Waals surface area contributed by atoms with Gasteiger partial charge in [0.05, 0.1) is 6.04 Å². The van der Waals surface area contributed by atoms with Gasteiger partial charge in [-0.3, -0.25) is 4.79 Å². The Bertz CT molecular complexity index is 1880. The third kappa shape index (κ3) is 12.4. The first kappa shape index (κ1) is 44.3. The van der Waals surface area contributed by atoms with Crippen LogP contribution in [0.15, 0.2) is 95.5 Å². The number of hydrogen-bond acceptors (Lipinski definition) is 10. The van der Waals surface area contributed by atoms with Gasteiger partial charge in [-0.15, -0.1) is 0 Å². The molecule has 0 aliphatic carbocycles. The van der Waals surface area contributed by atoms with Crippen LogP contribution in [0.25, 0.3) is 0 Å². The number of ether oxygens (including phenoxy) is 2. The molecule has 316 valence electrons. The first-order valence-electron chi connectivity index (χ1n) is 20.4. The number of nitrogens with one attached hydrogen (secondary N) is 3. The fourth-order valence-corrected chi connectivity index (χ4v) is 7.10. The van der Waals surface area contributed by atoms with Crippen LogP contribution < -0.4 is 21.7 Å². The molecule has 59 heavy (non-hydrogen) atoms. The minimum atomic E-state index is -1.04. The van der Waals surface area contributed by atoms with Crippen molar-refractivity contribution in [2.24, 2.45) is 5.73 Å². The summed E-state index contributed by atoms with van der Waals surface area (Å²) in [5.41, 5.74) is 6.74. The average molecular weight is 810 g/mol. The first-order chi connectivity index (χ1) is 28.1. The summed E-state index contributed by atoms with van der Waals surface area (Å²) < 4.78 is 16.7. The van der Waals surface area contributed by atoms with Crippen LogP contribution >= 0.6 is 0 Å². The van der Waals surface area contributed by atoms with E-state index in [1.54, 1.807) is 41.5 Å². The molecule has 0 spiro atoms. The SMILES string of the molecule is CC(C)(C)OC(=O)NCCCC[C@H](N)c1noc([C@H](CCC(=O)NC(c2ccccc2)(c2ccccc2)c2ccccc2)NC(=O)N2CCCC2C(=O)OC(C)(C)C)n1. The van der Waals surface area contributed by atoms with Gasteiger partial charge in [0.15, 0.2) is 5.82 Å². The number of benzene rings is 3. The quantitative estimate of drug-likeness (QED) is 0.0511. The van der Waals surface area contributed by atoms with Gasteiger partial charge in [0.25, 0.3) is 0 Å². The highest BCUT2D eigenvalue weighted by Gasteiger charge is 2.40. The normalized spacial score (nSPS) is 15.5. The maximum atomic E-state index is 14.3. The van der Waals surface area contributed by atoms with E-state index in [1.807, 2.05) is 91.0 Å². The van der Waals surface area contributed by atoms with E-state index in [0.29, 0.717) is 45.2 Å². The van der Waals surface area contributed by atoms with E-state index >= 15 is 0 Å². The van der Waals surface area contributed by atoms with Crippen LogP contribution in [0.5, 0.6) is 0 Å². The average Bonchev–Trinajstić information content (AvgIpc) is 3.90. The Balaban J connectivity index is 1.35. The monoisotopic (exact) mass is 809 g/mol. The van der Waals surface area contributed by atoms with Crippen LogP contribution in [0, 0.1) is 0 Å². The molecule has 1 aromatic heterocycles. The third-order valence-corrected chi connectivity index (χ3v) is 9.79. The molecule has 1 unspecified atom stereocenters. The molecular weight excluding hydrogens is 751 g/mol. The van der Waals surface area contributed by atoms with Gasteiger partial charge in [0, 0.05) is 19.5 Å². The summed E-state index contributed by atoms with van der Waals surface area (Å²) in [5, 5.41) is 13.3. The number of alkyl carbamates (subject to hydrolysis) is 1. The Morgan fingerprint density at radius 3 is 1.92 bits per heavy atom. The number of likely N-dealkylation sites (tertiary alicyclic amines) is 1.